The number of benzene rings is 7. The van der Waals surface area contributed by atoms with Crippen LogP contribution >= 0.6 is 0 Å². The van der Waals surface area contributed by atoms with Crippen molar-refractivity contribution in [3.05, 3.63) is 163 Å². The van der Waals surface area contributed by atoms with Crippen molar-refractivity contribution in [1.29, 1.82) is 0 Å². The van der Waals surface area contributed by atoms with Crippen LogP contribution < -0.4 is 0 Å². The van der Waals surface area contributed by atoms with Gasteiger partial charge in [0.05, 0.1) is 23.3 Å². The number of para-hydroxylation sites is 1. The van der Waals surface area contributed by atoms with Gasteiger partial charge in [0, 0.05) is 27.5 Å². The van der Waals surface area contributed by atoms with Crippen molar-refractivity contribution >= 4 is 32.7 Å². The zero-order valence-electron chi connectivity index (χ0n) is 41.0. The first-order chi connectivity index (χ1) is 30.3. The third kappa shape index (κ3) is 4.84. The van der Waals surface area contributed by atoms with Gasteiger partial charge < -0.3 is 4.42 Å². The monoisotopic (exact) mass is 618 g/mol. The van der Waals surface area contributed by atoms with Gasteiger partial charge in [0.15, 0.2) is 17.5 Å². The molecule has 220 valence electrons. The van der Waals surface area contributed by atoms with Crippen molar-refractivity contribution in [2.24, 2.45) is 0 Å². The average Bonchev–Trinajstić information content (AvgIpc) is 3.71. The minimum absolute atomic E-state index is 0.0161. The minimum atomic E-state index is -0.741. The summed E-state index contributed by atoms with van der Waals surface area (Å²) in [6, 6.07) is 6.34. The van der Waals surface area contributed by atoms with Crippen LogP contribution in [0, 0.1) is 0 Å². The lowest BCUT2D eigenvalue weighted by Gasteiger charge is -2.12. The number of furan rings is 1. The second-order valence-electron chi connectivity index (χ2n) is 10.3. The van der Waals surface area contributed by atoms with Crippen LogP contribution in [0.25, 0.3) is 89.1 Å². The Morgan fingerprint density at radius 3 is 2.09 bits per heavy atom. The van der Waals surface area contributed by atoms with Crippen molar-refractivity contribution in [1.82, 2.24) is 15.0 Å². The smallest absolute Gasteiger partial charge is 0.164 e. The normalized spacial score (nSPS) is 16.5. The molecule has 2 aromatic heterocycles. The zero-order valence-corrected chi connectivity index (χ0v) is 24.0. The molecule has 47 heavy (non-hydrogen) atoms. The van der Waals surface area contributed by atoms with E-state index in [2.05, 4.69) is 4.98 Å². The molecule has 0 aliphatic rings. The molecule has 0 unspecified atom stereocenters. The first-order valence-corrected chi connectivity index (χ1v) is 14.3. The molecule has 0 fully saturated rings. The lowest BCUT2D eigenvalue weighted by Crippen LogP contribution is -2.00. The summed E-state index contributed by atoms with van der Waals surface area (Å²) in [6.07, 6.45) is 0. The molecule has 0 saturated heterocycles. The molecule has 9 rings (SSSR count). The van der Waals surface area contributed by atoms with Crippen molar-refractivity contribution in [2.75, 3.05) is 0 Å². The number of rotatable bonds is 5. The van der Waals surface area contributed by atoms with E-state index in [1.165, 1.54) is 6.07 Å². The Hall–Kier alpha value is -6.39. The van der Waals surface area contributed by atoms with Crippen LogP contribution in [0.1, 0.15) is 23.3 Å². The molecule has 0 N–H and O–H groups in total. The summed E-state index contributed by atoms with van der Waals surface area (Å²) >= 11 is 0. The number of hydrogen-bond donors (Lipinski definition) is 0. The molecular formula is C43H27N3O. The second-order valence-corrected chi connectivity index (χ2v) is 10.3. The van der Waals surface area contributed by atoms with Crippen LogP contribution in [0.4, 0.5) is 0 Å². The fraction of sp³-hybridized carbons (Fsp3) is 0. The quantitative estimate of drug-likeness (QED) is 0.193. The summed E-state index contributed by atoms with van der Waals surface area (Å²) in [5, 5.41) is -0.554. The van der Waals surface area contributed by atoms with E-state index >= 15 is 0 Å². The van der Waals surface area contributed by atoms with Crippen LogP contribution in [0.3, 0.4) is 0 Å². The maximum Gasteiger partial charge on any atom is 0.164 e. The van der Waals surface area contributed by atoms with E-state index in [9.17, 15) is 2.74 Å². The molecule has 0 bridgehead atoms. The molecule has 9 aromatic rings. The molecule has 0 radical (unpaired) electrons. The molecule has 0 aliphatic carbocycles. The Morgan fingerprint density at radius 1 is 0.447 bits per heavy atom. The highest BCUT2D eigenvalue weighted by atomic mass is 16.3. The van der Waals surface area contributed by atoms with Crippen LogP contribution in [-0.2, 0) is 0 Å². The topological polar surface area (TPSA) is 51.8 Å². The summed E-state index contributed by atoms with van der Waals surface area (Å²) in [5.41, 5.74) is -0.188. The van der Waals surface area contributed by atoms with Gasteiger partial charge in [0.1, 0.15) is 11.2 Å². The third-order valence-corrected chi connectivity index (χ3v) is 7.52. The fourth-order valence-electron chi connectivity index (χ4n) is 5.37. The number of aromatic nitrogens is 3. The standard InChI is InChI=1S/C43H27N3O/c1-3-12-28(13-4-1)30-24-25-34-31(26-30)17-10-21-36(34)43-45-41(29-14-5-2-6-15-29)44-42(46-43)33-18-9-16-32(27-33)35-20-11-23-39-40(35)37-19-7-8-22-38(37)47-39/h1-27H/i1D,3D,4D,7D,8D,10D,11D,12D,13D,17D,19D,21D,22D,23D,24D,25D,26D. The minimum Gasteiger partial charge on any atom is -0.456 e. The SMILES string of the molecule is [2H]c1cc(-c2cccc(-c3nc(-c4ccccc4)nc(-c4c([2H])c([2H])c([2H])c5c([2H])c(-c6c([2H])c([2H])c([2H])c([2H])c6[2H])c([2H])c([2H])c45)n3)c2)c2c(oc3c([2H])c([2H])c([2H])c([2H])c32)c1[2H]. The maximum atomic E-state index is 9.27. The molecule has 0 amide bonds. The second kappa shape index (κ2) is 11.2. The molecule has 0 saturated carbocycles. The summed E-state index contributed by atoms with van der Waals surface area (Å²) in [4.78, 5) is 14.2. The number of nitrogens with zero attached hydrogens (tertiary/aromatic N) is 3. The Balaban J connectivity index is 1.33. The van der Waals surface area contributed by atoms with Crippen molar-refractivity contribution in [3.63, 3.8) is 0 Å². The fourth-order valence-corrected chi connectivity index (χ4v) is 5.37. The highest BCUT2D eigenvalue weighted by molar-refractivity contribution is 6.12. The number of hydrogen-bond acceptors (Lipinski definition) is 4. The van der Waals surface area contributed by atoms with E-state index in [1.807, 2.05) is 0 Å². The lowest BCUT2D eigenvalue weighted by atomic mass is 9.97. The summed E-state index contributed by atoms with van der Waals surface area (Å²) in [7, 11) is 0. The molecular weight excluding hydrogens is 574 g/mol. The van der Waals surface area contributed by atoms with Crippen molar-refractivity contribution < 1.29 is 27.7 Å². The maximum absolute atomic E-state index is 9.27. The van der Waals surface area contributed by atoms with Crippen molar-refractivity contribution in [3.8, 4) is 56.4 Å². The predicted octanol–water partition coefficient (Wildman–Crippen LogP) is 11.3. The molecule has 4 nitrogen and oxygen atoms in total. The van der Waals surface area contributed by atoms with Gasteiger partial charge in [-0.25, -0.2) is 15.0 Å². The Morgan fingerprint density at radius 2 is 1.19 bits per heavy atom. The number of fused-ring (bicyclic) bond motifs is 4. The van der Waals surface area contributed by atoms with E-state index in [0.717, 1.165) is 0 Å². The Labute approximate surface area is 295 Å². The molecule has 0 spiro atoms. The zero-order chi connectivity index (χ0) is 46.0. The summed E-state index contributed by atoms with van der Waals surface area (Å²) in [5.74, 6) is -0.241. The van der Waals surface area contributed by atoms with Gasteiger partial charge >= 0.3 is 0 Å². The summed E-state index contributed by atoms with van der Waals surface area (Å²) < 4.78 is 153. The first-order valence-electron chi connectivity index (χ1n) is 22.8. The van der Waals surface area contributed by atoms with E-state index in [1.54, 1.807) is 54.6 Å². The average molecular weight is 619 g/mol. The Kier molecular flexibility index (Phi) is 3.53. The van der Waals surface area contributed by atoms with E-state index in [0.29, 0.717) is 22.3 Å². The molecule has 0 atom stereocenters. The van der Waals surface area contributed by atoms with Gasteiger partial charge in [-0.1, -0.05) is 139 Å². The largest absolute Gasteiger partial charge is 0.456 e. The van der Waals surface area contributed by atoms with Crippen LogP contribution in [0.2, 0.25) is 0 Å². The Bertz CT molecular complexity index is 3510. The van der Waals surface area contributed by atoms with Gasteiger partial charge in [-0.3, -0.25) is 0 Å². The van der Waals surface area contributed by atoms with Gasteiger partial charge in [-0.05, 0) is 57.2 Å². The third-order valence-electron chi connectivity index (χ3n) is 7.52. The van der Waals surface area contributed by atoms with Gasteiger partial charge in [0.25, 0.3) is 0 Å². The lowest BCUT2D eigenvalue weighted by molar-refractivity contribution is 0.669. The molecule has 2 heterocycles. The highest BCUT2D eigenvalue weighted by Crippen LogP contribution is 2.38. The van der Waals surface area contributed by atoms with Crippen molar-refractivity contribution in [2.45, 2.75) is 0 Å². The van der Waals surface area contributed by atoms with Crippen LogP contribution in [0.5, 0.6) is 0 Å². The summed E-state index contributed by atoms with van der Waals surface area (Å²) in [6.45, 7) is 0. The molecule has 7 aromatic carbocycles. The highest BCUT2D eigenvalue weighted by Gasteiger charge is 2.17. The van der Waals surface area contributed by atoms with Crippen LogP contribution in [0.15, 0.2) is 168 Å². The van der Waals surface area contributed by atoms with E-state index in [-0.39, 0.29) is 62.4 Å². The van der Waals surface area contributed by atoms with Gasteiger partial charge in [-0.15, -0.1) is 0 Å². The van der Waals surface area contributed by atoms with Gasteiger partial charge in [-0.2, -0.15) is 0 Å². The first kappa shape index (κ1) is 14.8. The van der Waals surface area contributed by atoms with Gasteiger partial charge in [0.2, 0.25) is 0 Å². The van der Waals surface area contributed by atoms with E-state index in [4.69, 9.17) is 34.9 Å². The molecule has 4 heteroatoms. The molecule has 0 aliphatic heterocycles. The van der Waals surface area contributed by atoms with Crippen LogP contribution in [-0.4, -0.2) is 15.0 Å². The predicted molar refractivity (Wildman–Crippen MR) is 192 cm³/mol. The van der Waals surface area contributed by atoms with E-state index < -0.39 is 107 Å².